The Morgan fingerprint density at radius 3 is 2.34 bits per heavy atom. The normalized spacial score (nSPS) is 15.8. The fourth-order valence-corrected chi connectivity index (χ4v) is 3.65. The smallest absolute Gasteiger partial charge is 0.435 e. The zero-order valence-electron chi connectivity index (χ0n) is 16.7. The largest absolute Gasteiger partial charge is 0.487 e. The quantitative estimate of drug-likeness (QED) is 0.433. The van der Waals surface area contributed by atoms with E-state index in [1.807, 2.05) is 30.3 Å². The Balaban J connectivity index is 1.52. The van der Waals surface area contributed by atoms with Crippen molar-refractivity contribution in [2.24, 2.45) is 0 Å². The van der Waals surface area contributed by atoms with Crippen LogP contribution in [0.2, 0.25) is 0 Å². The highest BCUT2D eigenvalue weighted by Gasteiger charge is 2.36. The van der Waals surface area contributed by atoms with Gasteiger partial charge < -0.3 is 4.74 Å². The standard InChI is InChI=1S/C24H17ClF3N3O/c25-21-3-1-2-4-22(21)31-19(13-23(30-31)24(26,27)28)15-32-20-11-9-18(10-12-20)17-7-5-16(14-29)6-8-17/h1-3,5-13,22H,4,15H2. The second-order valence-electron chi connectivity index (χ2n) is 7.20. The lowest BCUT2D eigenvalue weighted by molar-refractivity contribution is -0.141. The van der Waals surface area contributed by atoms with Crippen molar-refractivity contribution in [2.75, 3.05) is 0 Å². The first-order valence-electron chi connectivity index (χ1n) is 9.76. The van der Waals surface area contributed by atoms with E-state index in [1.54, 1.807) is 36.4 Å². The molecule has 1 aromatic heterocycles. The fourth-order valence-electron chi connectivity index (χ4n) is 3.40. The third-order valence-corrected chi connectivity index (χ3v) is 5.43. The van der Waals surface area contributed by atoms with E-state index in [0.29, 0.717) is 22.8 Å². The highest BCUT2D eigenvalue weighted by molar-refractivity contribution is 6.30. The molecule has 0 saturated heterocycles. The van der Waals surface area contributed by atoms with E-state index >= 15 is 0 Å². The maximum absolute atomic E-state index is 13.3. The summed E-state index contributed by atoms with van der Waals surface area (Å²) in [5.41, 5.74) is 1.74. The summed E-state index contributed by atoms with van der Waals surface area (Å²) in [6.45, 7) is -0.0936. The van der Waals surface area contributed by atoms with Crippen molar-refractivity contribution in [1.82, 2.24) is 9.78 Å². The van der Waals surface area contributed by atoms with Crippen molar-refractivity contribution in [2.45, 2.75) is 25.2 Å². The Hall–Kier alpha value is -3.50. The first kappa shape index (κ1) is 21.7. The second kappa shape index (κ2) is 8.93. The molecule has 8 heteroatoms. The molecule has 0 spiro atoms. The van der Waals surface area contributed by atoms with Crippen LogP contribution >= 0.6 is 11.6 Å². The molecule has 0 fully saturated rings. The molecular formula is C24H17ClF3N3O. The number of hydrogen-bond acceptors (Lipinski definition) is 3. The summed E-state index contributed by atoms with van der Waals surface area (Å²) in [4.78, 5) is 0. The zero-order chi connectivity index (χ0) is 22.7. The van der Waals surface area contributed by atoms with Gasteiger partial charge in [-0.3, -0.25) is 4.68 Å². The third kappa shape index (κ3) is 4.71. The van der Waals surface area contributed by atoms with Gasteiger partial charge in [0.25, 0.3) is 0 Å². The SMILES string of the molecule is N#Cc1ccc(-c2ccc(OCc3cc(C(F)(F)F)nn3C3CC=CC=C3Cl)cc2)cc1. The van der Waals surface area contributed by atoms with Gasteiger partial charge in [0.05, 0.1) is 23.4 Å². The van der Waals surface area contributed by atoms with Crippen molar-refractivity contribution in [3.05, 3.63) is 94.8 Å². The lowest BCUT2D eigenvalue weighted by atomic mass is 10.0. The molecule has 0 radical (unpaired) electrons. The Kier molecular flexibility index (Phi) is 6.06. The Morgan fingerprint density at radius 2 is 1.75 bits per heavy atom. The fraction of sp³-hybridized carbons (Fsp3) is 0.167. The van der Waals surface area contributed by atoms with Crippen LogP contribution in [0.1, 0.15) is 29.4 Å². The maximum atomic E-state index is 13.3. The molecular weight excluding hydrogens is 439 g/mol. The van der Waals surface area contributed by atoms with Gasteiger partial charge in [0.15, 0.2) is 5.69 Å². The Labute approximate surface area is 187 Å². The van der Waals surface area contributed by atoms with E-state index in [9.17, 15) is 13.2 Å². The lowest BCUT2D eigenvalue weighted by Gasteiger charge is -2.20. The summed E-state index contributed by atoms with van der Waals surface area (Å²) in [5.74, 6) is 0.508. The monoisotopic (exact) mass is 455 g/mol. The molecule has 0 aliphatic heterocycles. The molecule has 2 aromatic carbocycles. The molecule has 0 amide bonds. The molecule has 1 aliphatic carbocycles. The number of halogens is 4. The highest BCUT2D eigenvalue weighted by atomic mass is 35.5. The van der Waals surface area contributed by atoms with E-state index in [-0.39, 0.29) is 12.3 Å². The van der Waals surface area contributed by atoms with Crippen molar-refractivity contribution < 1.29 is 17.9 Å². The van der Waals surface area contributed by atoms with Gasteiger partial charge in [0.1, 0.15) is 12.4 Å². The van der Waals surface area contributed by atoms with Gasteiger partial charge in [-0.25, -0.2) is 0 Å². The topological polar surface area (TPSA) is 50.8 Å². The molecule has 0 saturated carbocycles. The van der Waals surface area contributed by atoms with Gasteiger partial charge >= 0.3 is 6.18 Å². The number of hydrogen-bond donors (Lipinski definition) is 0. The first-order chi connectivity index (χ1) is 15.3. The molecule has 1 atom stereocenters. The summed E-state index contributed by atoms with van der Waals surface area (Å²) >= 11 is 6.23. The summed E-state index contributed by atoms with van der Waals surface area (Å²) in [5, 5.41) is 13.1. The minimum Gasteiger partial charge on any atom is -0.487 e. The van der Waals surface area contributed by atoms with Gasteiger partial charge in [0.2, 0.25) is 0 Å². The van der Waals surface area contributed by atoms with E-state index in [4.69, 9.17) is 21.6 Å². The van der Waals surface area contributed by atoms with Crippen molar-refractivity contribution in [3.63, 3.8) is 0 Å². The Morgan fingerprint density at radius 1 is 1.09 bits per heavy atom. The summed E-state index contributed by atoms with van der Waals surface area (Å²) in [6.07, 6.45) is 1.12. The molecule has 1 heterocycles. The minimum absolute atomic E-state index is 0.0936. The van der Waals surface area contributed by atoms with Gasteiger partial charge in [-0.05, 0) is 54.0 Å². The van der Waals surface area contributed by atoms with Crippen LogP contribution in [0.15, 0.2) is 77.9 Å². The molecule has 1 aliphatic rings. The molecule has 4 rings (SSSR count). The van der Waals surface area contributed by atoms with Crippen LogP contribution in [-0.4, -0.2) is 9.78 Å². The van der Waals surface area contributed by atoms with Crippen molar-refractivity contribution in [3.8, 4) is 22.9 Å². The van der Waals surface area contributed by atoms with Crippen molar-refractivity contribution in [1.29, 1.82) is 5.26 Å². The van der Waals surface area contributed by atoms with Crippen LogP contribution in [0.25, 0.3) is 11.1 Å². The summed E-state index contributed by atoms with van der Waals surface area (Å²) in [6, 6.07) is 16.9. The maximum Gasteiger partial charge on any atom is 0.435 e. The van der Waals surface area contributed by atoms with Crippen LogP contribution in [0.3, 0.4) is 0 Å². The van der Waals surface area contributed by atoms with Gasteiger partial charge in [-0.2, -0.15) is 23.5 Å². The highest BCUT2D eigenvalue weighted by Crippen LogP contribution is 2.34. The van der Waals surface area contributed by atoms with Gasteiger partial charge in [-0.1, -0.05) is 48.0 Å². The zero-order valence-corrected chi connectivity index (χ0v) is 17.4. The van der Waals surface area contributed by atoms with E-state index in [0.717, 1.165) is 17.2 Å². The molecule has 4 nitrogen and oxygen atoms in total. The van der Waals surface area contributed by atoms with Crippen LogP contribution in [0, 0.1) is 11.3 Å². The number of benzene rings is 2. The number of aromatic nitrogens is 2. The molecule has 0 N–H and O–H groups in total. The van der Waals surface area contributed by atoms with Crippen LogP contribution in [0.4, 0.5) is 13.2 Å². The summed E-state index contributed by atoms with van der Waals surface area (Å²) < 4.78 is 46.8. The van der Waals surface area contributed by atoms with Gasteiger partial charge in [0, 0.05) is 5.03 Å². The lowest BCUT2D eigenvalue weighted by Crippen LogP contribution is -2.17. The predicted molar refractivity (Wildman–Crippen MR) is 115 cm³/mol. The molecule has 3 aromatic rings. The number of alkyl halides is 3. The number of nitriles is 1. The van der Waals surface area contributed by atoms with E-state index < -0.39 is 17.9 Å². The molecule has 32 heavy (non-hydrogen) atoms. The minimum atomic E-state index is -4.57. The van der Waals surface area contributed by atoms with Crippen molar-refractivity contribution >= 4 is 11.6 Å². The average Bonchev–Trinajstić information content (AvgIpc) is 3.23. The molecule has 1 unspecified atom stereocenters. The second-order valence-corrected chi connectivity index (χ2v) is 7.63. The number of ether oxygens (including phenoxy) is 1. The summed E-state index contributed by atoms with van der Waals surface area (Å²) in [7, 11) is 0. The predicted octanol–water partition coefficient (Wildman–Crippen LogP) is 6.64. The van der Waals surface area contributed by atoms with Crippen LogP contribution in [0.5, 0.6) is 5.75 Å². The first-order valence-corrected chi connectivity index (χ1v) is 10.1. The van der Waals surface area contributed by atoms with Crippen LogP contribution < -0.4 is 4.74 Å². The molecule has 162 valence electrons. The van der Waals surface area contributed by atoms with Crippen LogP contribution in [-0.2, 0) is 12.8 Å². The van der Waals surface area contributed by atoms with Gasteiger partial charge in [-0.15, -0.1) is 0 Å². The number of rotatable bonds is 5. The molecule has 0 bridgehead atoms. The Bertz CT molecular complexity index is 1200. The van der Waals surface area contributed by atoms with E-state index in [2.05, 4.69) is 11.2 Å². The van der Waals surface area contributed by atoms with E-state index in [1.165, 1.54) is 4.68 Å². The number of nitrogens with zero attached hydrogens (tertiary/aromatic N) is 3. The average molecular weight is 456 g/mol. The number of allylic oxidation sites excluding steroid dienone is 4. The third-order valence-electron chi connectivity index (χ3n) is 5.06.